The van der Waals surface area contributed by atoms with Crippen LogP contribution in [0, 0.1) is 12.7 Å². The Balaban J connectivity index is 1.26. The molecule has 1 amide bonds. The number of ether oxygens (including phenoxy) is 2. The number of amides is 1. The quantitative estimate of drug-likeness (QED) is 0.0498. The minimum Gasteiger partial charge on any atom is -0.507 e. The van der Waals surface area contributed by atoms with Crippen molar-refractivity contribution in [2.75, 3.05) is 12.0 Å². The topological polar surface area (TPSA) is 102 Å². The lowest BCUT2D eigenvalue weighted by atomic mass is 9.94. The van der Waals surface area contributed by atoms with Crippen molar-refractivity contribution in [1.29, 1.82) is 0 Å². The highest BCUT2D eigenvalue weighted by molar-refractivity contribution is 8.00. The molecule has 250 valence electrons. The number of anilines is 1. The van der Waals surface area contributed by atoms with Crippen molar-refractivity contribution in [1.82, 2.24) is 10.2 Å². The van der Waals surface area contributed by atoms with Crippen LogP contribution in [0.5, 0.6) is 11.5 Å². The van der Waals surface area contributed by atoms with Crippen molar-refractivity contribution in [2.24, 2.45) is 0 Å². The van der Waals surface area contributed by atoms with Crippen LogP contribution in [0.3, 0.4) is 0 Å². The Morgan fingerprint density at radius 1 is 0.920 bits per heavy atom. The van der Waals surface area contributed by atoms with Crippen LogP contribution in [0.25, 0.3) is 16.5 Å². The third-order valence-electron chi connectivity index (χ3n) is 8.46. The molecule has 0 radical (unpaired) electrons. The van der Waals surface area contributed by atoms with Crippen LogP contribution in [-0.4, -0.2) is 34.1 Å². The van der Waals surface area contributed by atoms with Crippen LogP contribution in [-0.2, 0) is 21.9 Å². The van der Waals surface area contributed by atoms with Gasteiger partial charge in [-0.15, -0.1) is 10.2 Å². The predicted molar refractivity (Wildman–Crippen MR) is 193 cm³/mol. The summed E-state index contributed by atoms with van der Waals surface area (Å²) in [5.74, 6) is -1.48. The number of ketones is 1. The summed E-state index contributed by atoms with van der Waals surface area (Å²) in [6, 6.07) is 32.0. The second-order valence-electron chi connectivity index (χ2n) is 11.6. The maximum Gasteiger partial charge on any atom is 0.301 e. The molecular formula is C39H30FN3O5S2. The molecule has 8 nitrogen and oxygen atoms in total. The molecule has 11 heteroatoms. The normalized spacial score (nSPS) is 15.5. The molecule has 5 aromatic carbocycles. The number of carbonyl (C=O) groups is 2. The van der Waals surface area contributed by atoms with Crippen molar-refractivity contribution in [2.45, 2.75) is 29.7 Å². The van der Waals surface area contributed by atoms with E-state index in [0.29, 0.717) is 32.7 Å². The molecule has 1 fully saturated rings. The Hall–Kier alpha value is -5.52. The van der Waals surface area contributed by atoms with Gasteiger partial charge >= 0.3 is 5.91 Å². The summed E-state index contributed by atoms with van der Waals surface area (Å²) >= 11 is 2.63. The van der Waals surface area contributed by atoms with Gasteiger partial charge in [0.2, 0.25) is 5.13 Å². The molecule has 1 unspecified atom stereocenters. The molecule has 1 atom stereocenters. The number of hydrogen-bond donors (Lipinski definition) is 1. The first-order chi connectivity index (χ1) is 24.3. The highest BCUT2D eigenvalue weighted by Gasteiger charge is 2.48. The molecule has 2 heterocycles. The number of thioether (sulfide) groups is 1. The number of carbonyl (C=O) groups excluding carboxylic acids is 2. The van der Waals surface area contributed by atoms with Gasteiger partial charge in [0.15, 0.2) is 15.8 Å². The van der Waals surface area contributed by atoms with E-state index in [1.54, 1.807) is 25.1 Å². The average Bonchev–Trinajstić information content (AvgIpc) is 3.72. The fourth-order valence-corrected chi connectivity index (χ4v) is 7.74. The lowest BCUT2D eigenvalue weighted by Gasteiger charge is -2.23. The van der Waals surface area contributed by atoms with Gasteiger partial charge in [0, 0.05) is 11.3 Å². The maximum absolute atomic E-state index is 14.6. The summed E-state index contributed by atoms with van der Waals surface area (Å²) in [7, 11) is 1.49. The molecule has 1 aliphatic rings. The number of halogens is 1. The highest BCUT2D eigenvalue weighted by Crippen LogP contribution is 2.46. The fraction of sp³-hybridized carbons (Fsp3) is 0.128. The number of nitrogens with zero attached hydrogens (tertiary/aromatic N) is 3. The number of aliphatic hydroxyl groups is 1. The molecule has 0 spiro atoms. The molecule has 1 N–H and O–H groups in total. The number of aryl methyl sites for hydroxylation is 1. The van der Waals surface area contributed by atoms with E-state index in [4.69, 9.17) is 9.47 Å². The molecule has 6 aromatic rings. The second kappa shape index (κ2) is 14.1. The molecule has 50 heavy (non-hydrogen) atoms. The number of aromatic nitrogens is 2. The van der Waals surface area contributed by atoms with Crippen LogP contribution in [0.1, 0.15) is 33.9 Å². The molecule has 0 aliphatic carbocycles. The number of methoxy groups -OCH3 is 1. The van der Waals surface area contributed by atoms with Crippen molar-refractivity contribution >= 4 is 56.5 Å². The Bertz CT molecular complexity index is 2270. The third kappa shape index (κ3) is 6.45. The van der Waals surface area contributed by atoms with Crippen molar-refractivity contribution < 1.29 is 28.6 Å². The molecular weight excluding hydrogens is 674 g/mol. The molecule has 0 bridgehead atoms. The standard InChI is InChI=1S/C39H30FN3O5S2/c1-23-15-16-27(19-30(23)40)35(44)33-34(26-17-18-31(32(20-26)47-2)48-21-24-9-4-3-5-10-24)43(37(46)36(33)45)38-41-42-39(50-38)49-22-28-13-8-12-25-11-6-7-14-29(25)28/h3-20,34,44H,21-22H2,1-2H3/b35-33-. The fourth-order valence-electron chi connectivity index (χ4n) is 5.87. The Kier molecular flexibility index (Phi) is 9.34. The van der Waals surface area contributed by atoms with E-state index in [1.165, 1.54) is 47.2 Å². The van der Waals surface area contributed by atoms with Gasteiger partial charge in [-0.25, -0.2) is 4.39 Å². The van der Waals surface area contributed by atoms with Gasteiger partial charge in [-0.2, -0.15) is 0 Å². The number of hydrogen-bond acceptors (Lipinski definition) is 9. The number of rotatable bonds is 10. The molecule has 0 saturated carbocycles. The third-order valence-corrected chi connectivity index (χ3v) is 10.6. The van der Waals surface area contributed by atoms with Crippen LogP contribution in [0.15, 0.2) is 119 Å². The van der Waals surface area contributed by atoms with Gasteiger partial charge in [0.05, 0.1) is 18.7 Å². The zero-order valence-corrected chi connectivity index (χ0v) is 28.6. The van der Waals surface area contributed by atoms with Gasteiger partial charge in [0.1, 0.15) is 18.2 Å². The number of fused-ring (bicyclic) bond motifs is 1. The first kappa shape index (κ1) is 33.0. The number of Topliss-reactive ketones (excluding diaryl/α,β-unsaturated/α-hetero) is 1. The minimum atomic E-state index is -1.12. The summed E-state index contributed by atoms with van der Waals surface area (Å²) in [4.78, 5) is 28.8. The van der Waals surface area contributed by atoms with Crippen LogP contribution < -0.4 is 14.4 Å². The number of benzene rings is 5. The van der Waals surface area contributed by atoms with Gasteiger partial charge in [-0.3, -0.25) is 14.5 Å². The zero-order chi connectivity index (χ0) is 34.8. The maximum atomic E-state index is 14.6. The van der Waals surface area contributed by atoms with E-state index in [9.17, 15) is 19.1 Å². The first-order valence-electron chi connectivity index (χ1n) is 15.7. The second-order valence-corrected chi connectivity index (χ2v) is 13.8. The zero-order valence-electron chi connectivity index (χ0n) is 27.0. The van der Waals surface area contributed by atoms with Crippen molar-refractivity contribution in [3.63, 3.8) is 0 Å². The Morgan fingerprint density at radius 2 is 1.70 bits per heavy atom. The number of aliphatic hydroxyl groups excluding tert-OH is 1. The van der Waals surface area contributed by atoms with Gasteiger partial charge in [-0.1, -0.05) is 114 Å². The summed E-state index contributed by atoms with van der Waals surface area (Å²) < 4.78 is 27.0. The smallest absolute Gasteiger partial charge is 0.301 e. The summed E-state index contributed by atoms with van der Waals surface area (Å²) in [5.41, 5.74) is 2.76. The van der Waals surface area contributed by atoms with E-state index in [1.807, 2.05) is 48.5 Å². The van der Waals surface area contributed by atoms with E-state index < -0.39 is 29.3 Å². The summed E-state index contributed by atoms with van der Waals surface area (Å²) in [6.07, 6.45) is 0. The lowest BCUT2D eigenvalue weighted by molar-refractivity contribution is -0.132. The van der Waals surface area contributed by atoms with Crippen LogP contribution in [0.4, 0.5) is 9.52 Å². The van der Waals surface area contributed by atoms with Crippen molar-refractivity contribution in [3.05, 3.63) is 148 Å². The van der Waals surface area contributed by atoms with E-state index >= 15 is 0 Å². The van der Waals surface area contributed by atoms with Gasteiger partial charge in [-0.05, 0) is 58.1 Å². The van der Waals surface area contributed by atoms with Crippen LogP contribution >= 0.6 is 23.1 Å². The summed E-state index contributed by atoms with van der Waals surface area (Å²) in [6.45, 7) is 1.88. The lowest BCUT2D eigenvalue weighted by Crippen LogP contribution is -2.29. The van der Waals surface area contributed by atoms with Gasteiger partial charge in [0.25, 0.3) is 5.78 Å². The van der Waals surface area contributed by atoms with E-state index in [0.717, 1.165) is 28.0 Å². The highest BCUT2D eigenvalue weighted by atomic mass is 32.2. The molecule has 1 saturated heterocycles. The molecule has 1 aliphatic heterocycles. The van der Waals surface area contributed by atoms with Crippen LogP contribution in [0.2, 0.25) is 0 Å². The minimum absolute atomic E-state index is 0.0643. The molecule has 7 rings (SSSR count). The monoisotopic (exact) mass is 703 g/mol. The SMILES string of the molecule is COc1cc(C2/C(=C(/O)c3ccc(C)c(F)c3)C(=O)C(=O)N2c2nnc(SCc3cccc4ccccc34)s2)ccc1OCc1ccccc1. The Labute approximate surface area is 295 Å². The van der Waals surface area contributed by atoms with E-state index in [-0.39, 0.29) is 22.9 Å². The predicted octanol–water partition coefficient (Wildman–Crippen LogP) is 8.65. The average molecular weight is 704 g/mol. The Morgan fingerprint density at radius 3 is 2.50 bits per heavy atom. The van der Waals surface area contributed by atoms with E-state index in [2.05, 4.69) is 34.5 Å². The largest absolute Gasteiger partial charge is 0.507 e. The molecule has 1 aromatic heterocycles. The summed E-state index contributed by atoms with van der Waals surface area (Å²) in [5, 5.41) is 22.7. The first-order valence-corrected chi connectivity index (χ1v) is 17.5. The van der Waals surface area contributed by atoms with Crippen molar-refractivity contribution in [3.8, 4) is 11.5 Å². The van der Waals surface area contributed by atoms with Gasteiger partial charge < -0.3 is 14.6 Å².